The van der Waals surface area contributed by atoms with Gasteiger partial charge in [-0.2, -0.15) is 0 Å². The summed E-state index contributed by atoms with van der Waals surface area (Å²) in [5, 5.41) is 32.4. The second-order valence-electron chi connectivity index (χ2n) is 10.9. The van der Waals surface area contributed by atoms with Crippen LogP contribution in [0.15, 0.2) is 69.7 Å². The van der Waals surface area contributed by atoms with E-state index in [-0.39, 0.29) is 30.1 Å². The Morgan fingerprint density at radius 2 is 1.82 bits per heavy atom. The van der Waals surface area contributed by atoms with Gasteiger partial charge in [0.25, 0.3) is 0 Å². The Balaban J connectivity index is 1.62. The summed E-state index contributed by atoms with van der Waals surface area (Å²) < 4.78 is 0.872. The third kappa shape index (κ3) is 6.06. The zero-order valence-corrected chi connectivity index (χ0v) is 24.4. The van der Waals surface area contributed by atoms with Gasteiger partial charge in [-0.05, 0) is 67.5 Å². The van der Waals surface area contributed by atoms with Crippen molar-refractivity contribution in [3.63, 3.8) is 0 Å². The molecule has 4 rings (SSSR count). The van der Waals surface area contributed by atoms with Crippen LogP contribution in [0.25, 0.3) is 6.08 Å². The van der Waals surface area contributed by atoms with Gasteiger partial charge in [0.1, 0.15) is 5.75 Å². The maximum Gasteiger partial charge on any atom is 0.238 e. The lowest BCUT2D eigenvalue weighted by Gasteiger charge is -2.38. The number of rotatable bonds is 10. The number of imide groups is 1. The van der Waals surface area contributed by atoms with Gasteiger partial charge in [-0.15, -0.1) is 0 Å². The number of hydrogen-bond donors (Lipinski definition) is 3. The first kappa shape index (κ1) is 29.2. The lowest BCUT2D eigenvalue weighted by molar-refractivity contribution is -0.123. The molecule has 2 aromatic carbocycles. The van der Waals surface area contributed by atoms with Crippen molar-refractivity contribution in [1.29, 1.82) is 0 Å². The summed E-state index contributed by atoms with van der Waals surface area (Å²) in [5.41, 5.74) is 4.04. The number of hydrogen-bond acceptors (Lipinski definition) is 5. The fourth-order valence-electron chi connectivity index (χ4n) is 6.20. The lowest BCUT2D eigenvalue weighted by atomic mass is 9.66. The summed E-state index contributed by atoms with van der Waals surface area (Å²) in [6.45, 7) is 5.85. The van der Waals surface area contributed by atoms with Gasteiger partial charge >= 0.3 is 0 Å². The van der Waals surface area contributed by atoms with Crippen LogP contribution in [-0.4, -0.2) is 39.8 Å². The van der Waals surface area contributed by atoms with Crippen LogP contribution in [0.1, 0.15) is 58.4 Å². The summed E-state index contributed by atoms with van der Waals surface area (Å²) >= 11 is 3.46. The third-order valence-corrected chi connectivity index (χ3v) is 8.54. The van der Waals surface area contributed by atoms with Crippen LogP contribution in [0.3, 0.4) is 0 Å². The fraction of sp³-hybridized carbons (Fsp3) is 0.438. The zero-order valence-electron chi connectivity index (χ0n) is 22.8. The van der Waals surface area contributed by atoms with Crippen molar-refractivity contribution >= 4 is 39.5 Å². The van der Waals surface area contributed by atoms with Crippen LogP contribution < -0.4 is 4.90 Å². The predicted molar refractivity (Wildman–Crippen MR) is 157 cm³/mol. The van der Waals surface area contributed by atoms with E-state index < -0.39 is 23.9 Å². The number of anilines is 1. The van der Waals surface area contributed by atoms with Crippen LogP contribution in [0, 0.1) is 23.7 Å². The molecule has 6 nitrogen and oxygen atoms in total. The number of nitrogens with zero attached hydrogens (tertiary/aromatic N) is 1. The van der Waals surface area contributed by atoms with Crippen molar-refractivity contribution in [1.82, 2.24) is 0 Å². The van der Waals surface area contributed by atoms with Gasteiger partial charge in [0.05, 0.1) is 30.2 Å². The number of phenols is 1. The number of para-hydroxylation sites is 1. The van der Waals surface area contributed by atoms with E-state index >= 15 is 0 Å². The number of aromatic hydroxyl groups is 1. The first-order valence-electron chi connectivity index (χ1n) is 13.8. The lowest BCUT2D eigenvalue weighted by Crippen LogP contribution is -2.39. The molecule has 3 N–H and O–H groups in total. The molecule has 4 atom stereocenters. The average molecular weight is 597 g/mol. The fourth-order valence-corrected chi connectivity index (χ4v) is 6.58. The number of phenolic OH excluding ortho intramolecular Hbond substituents is 1. The number of aliphatic hydroxyl groups is 2. The molecule has 1 heterocycles. The number of halogens is 1. The standard InChI is InChI=1S/C32H38BrNO5/c1-4-8-20(15-21-16-22(33)12-14-27(21)36)11-13-28(37)29-24(19(2)3)17-25-30(26(29)18-35)32(39)34(31(25)38)23-9-6-5-7-10-23/h5-7,9-10,12,14-16,19,25-26,28,30,35-37H,4,8,11,13,17-18H2,1-3H3/b20-15+/t25-,26+,28-,30-/m1/s1. The Hall–Kier alpha value is -2.74. The van der Waals surface area contributed by atoms with Crippen LogP contribution >= 0.6 is 15.9 Å². The van der Waals surface area contributed by atoms with E-state index in [9.17, 15) is 24.9 Å². The highest BCUT2D eigenvalue weighted by Gasteiger charge is 2.55. The summed E-state index contributed by atoms with van der Waals surface area (Å²) in [6.07, 6.45) is 4.29. The van der Waals surface area contributed by atoms with Gasteiger partial charge in [-0.25, -0.2) is 0 Å². The predicted octanol–water partition coefficient (Wildman–Crippen LogP) is 6.25. The number of carbonyl (C=O) groups excluding carboxylic acids is 2. The van der Waals surface area contributed by atoms with Crippen molar-refractivity contribution in [3.05, 3.63) is 75.3 Å². The SMILES string of the molecule is CCC/C(=C\c1cc(Br)ccc1O)CC[C@@H](O)C1=C(C(C)C)C[C@H]2C(=O)N(c3ccccc3)C(=O)[C@H]2[C@H]1CO. The third-order valence-electron chi connectivity index (χ3n) is 8.05. The van der Waals surface area contributed by atoms with Crippen LogP contribution in [0.5, 0.6) is 5.75 Å². The first-order valence-corrected chi connectivity index (χ1v) is 14.6. The molecule has 0 spiro atoms. The summed E-state index contributed by atoms with van der Waals surface area (Å²) in [7, 11) is 0. The second-order valence-corrected chi connectivity index (χ2v) is 11.8. The van der Waals surface area contributed by atoms with Gasteiger partial charge < -0.3 is 15.3 Å². The summed E-state index contributed by atoms with van der Waals surface area (Å²) in [4.78, 5) is 28.4. The molecule has 0 bridgehead atoms. The molecule has 39 heavy (non-hydrogen) atoms. The molecule has 0 radical (unpaired) electrons. The number of benzene rings is 2. The van der Waals surface area contributed by atoms with E-state index in [2.05, 4.69) is 22.9 Å². The smallest absolute Gasteiger partial charge is 0.238 e. The van der Waals surface area contributed by atoms with Crippen LogP contribution in [0.2, 0.25) is 0 Å². The Morgan fingerprint density at radius 3 is 2.46 bits per heavy atom. The van der Waals surface area contributed by atoms with Gasteiger partial charge in [-0.3, -0.25) is 14.5 Å². The minimum Gasteiger partial charge on any atom is -0.507 e. The maximum atomic E-state index is 13.6. The largest absolute Gasteiger partial charge is 0.507 e. The molecule has 1 aliphatic carbocycles. The number of carbonyl (C=O) groups is 2. The Kier molecular flexibility index (Phi) is 9.47. The highest BCUT2D eigenvalue weighted by molar-refractivity contribution is 9.10. The molecule has 208 valence electrons. The molecule has 1 fully saturated rings. The van der Waals surface area contributed by atoms with E-state index in [1.165, 1.54) is 4.90 Å². The summed E-state index contributed by atoms with van der Waals surface area (Å²) in [6, 6.07) is 14.2. The Bertz CT molecular complexity index is 1270. The summed E-state index contributed by atoms with van der Waals surface area (Å²) in [5.74, 6) is -2.14. The van der Waals surface area contributed by atoms with Gasteiger partial charge in [0, 0.05) is 16.0 Å². The molecule has 2 aromatic rings. The minimum absolute atomic E-state index is 0.0580. The Morgan fingerprint density at radius 1 is 1.10 bits per heavy atom. The van der Waals surface area contributed by atoms with Crippen LogP contribution in [0.4, 0.5) is 5.69 Å². The van der Waals surface area contributed by atoms with Gasteiger partial charge in [0.15, 0.2) is 0 Å². The molecule has 1 saturated heterocycles. The minimum atomic E-state index is -0.856. The maximum absolute atomic E-state index is 13.6. The molecule has 7 heteroatoms. The van der Waals surface area contributed by atoms with E-state index in [4.69, 9.17) is 0 Å². The molecular formula is C32H38BrNO5. The second kappa shape index (κ2) is 12.6. The van der Waals surface area contributed by atoms with E-state index in [1.54, 1.807) is 36.4 Å². The van der Waals surface area contributed by atoms with E-state index in [0.29, 0.717) is 36.1 Å². The van der Waals surface area contributed by atoms with Crippen molar-refractivity contribution in [2.24, 2.45) is 23.7 Å². The molecular weight excluding hydrogens is 558 g/mol. The molecule has 0 saturated carbocycles. The van der Waals surface area contributed by atoms with Crippen molar-refractivity contribution in [2.45, 2.75) is 59.0 Å². The normalized spacial score (nSPS) is 22.6. The number of allylic oxidation sites excluding steroid dienone is 2. The number of aliphatic hydroxyl groups excluding tert-OH is 2. The monoisotopic (exact) mass is 595 g/mol. The van der Waals surface area contributed by atoms with Gasteiger partial charge in [-0.1, -0.05) is 78.5 Å². The molecule has 2 amide bonds. The quantitative estimate of drug-likeness (QED) is 0.223. The molecule has 0 aromatic heterocycles. The highest BCUT2D eigenvalue weighted by Crippen LogP contribution is 2.48. The topological polar surface area (TPSA) is 98.1 Å². The number of fused-ring (bicyclic) bond motifs is 1. The van der Waals surface area contributed by atoms with E-state index in [1.807, 2.05) is 32.1 Å². The van der Waals surface area contributed by atoms with Gasteiger partial charge in [0.2, 0.25) is 11.8 Å². The van der Waals surface area contributed by atoms with Crippen LogP contribution in [-0.2, 0) is 9.59 Å². The van der Waals surface area contributed by atoms with Crippen molar-refractivity contribution < 1.29 is 24.9 Å². The molecule has 1 aliphatic heterocycles. The Labute approximate surface area is 239 Å². The highest BCUT2D eigenvalue weighted by atomic mass is 79.9. The zero-order chi connectivity index (χ0) is 28.3. The van der Waals surface area contributed by atoms with Crippen molar-refractivity contribution in [3.8, 4) is 5.75 Å². The molecule has 0 unspecified atom stereocenters. The van der Waals surface area contributed by atoms with Crippen molar-refractivity contribution in [2.75, 3.05) is 11.5 Å². The van der Waals surface area contributed by atoms with E-state index in [0.717, 1.165) is 28.5 Å². The first-order chi connectivity index (χ1) is 18.7. The number of amides is 2. The molecule has 2 aliphatic rings. The average Bonchev–Trinajstić information content (AvgIpc) is 3.17.